The van der Waals surface area contributed by atoms with Crippen LogP contribution < -0.4 is 0 Å². The first kappa shape index (κ1) is 18.7. The van der Waals surface area contributed by atoms with Crippen LogP contribution in [0.15, 0.2) is 0 Å². The Morgan fingerprint density at radius 2 is 1.16 bits per heavy atom. The summed E-state index contributed by atoms with van der Waals surface area (Å²) < 4.78 is 0. The molecule has 0 N–H and O–H groups in total. The van der Waals surface area contributed by atoms with Crippen molar-refractivity contribution in [3.8, 4) is 0 Å². The lowest BCUT2D eigenvalue weighted by Gasteiger charge is -2.14. The van der Waals surface area contributed by atoms with Crippen LogP contribution in [0.5, 0.6) is 0 Å². The Kier molecular flexibility index (Phi) is 11.3. The Labute approximate surface area is 121 Å². The molecule has 0 bridgehead atoms. The molecule has 0 saturated heterocycles. The fourth-order valence-electron chi connectivity index (χ4n) is 2.68. The summed E-state index contributed by atoms with van der Waals surface area (Å²) in [6.45, 7) is 11.1. The lowest BCUT2D eigenvalue weighted by Crippen LogP contribution is -2.01. The monoisotopic (exact) mass is 268 g/mol. The molecule has 0 aliphatic rings. The van der Waals surface area contributed by atoms with E-state index in [1.54, 1.807) is 6.92 Å². The second-order valence-corrected chi connectivity index (χ2v) is 7.06. The van der Waals surface area contributed by atoms with E-state index in [9.17, 15) is 4.79 Å². The zero-order chi connectivity index (χ0) is 14.7. The molecule has 0 aliphatic carbocycles. The van der Waals surface area contributed by atoms with Crippen molar-refractivity contribution < 1.29 is 4.79 Å². The SMILES string of the molecule is CC(=O)CCC[C@@H](C)CCC[C@@H](C)CCCC(C)C. The van der Waals surface area contributed by atoms with Crippen LogP contribution in [0.3, 0.4) is 0 Å². The summed E-state index contributed by atoms with van der Waals surface area (Å²) in [5.41, 5.74) is 0. The molecule has 0 aliphatic heterocycles. The highest BCUT2D eigenvalue weighted by molar-refractivity contribution is 5.75. The third-order valence-electron chi connectivity index (χ3n) is 4.10. The molecule has 0 aromatic heterocycles. The summed E-state index contributed by atoms with van der Waals surface area (Å²) in [5, 5.41) is 0. The van der Waals surface area contributed by atoms with E-state index in [1.807, 2.05) is 0 Å². The summed E-state index contributed by atoms with van der Waals surface area (Å²) in [4.78, 5) is 10.9. The zero-order valence-corrected chi connectivity index (χ0v) is 14.0. The van der Waals surface area contributed by atoms with Crippen molar-refractivity contribution in [3.05, 3.63) is 0 Å². The first-order valence-corrected chi connectivity index (χ1v) is 8.41. The van der Waals surface area contributed by atoms with E-state index in [0.29, 0.717) is 5.78 Å². The Morgan fingerprint density at radius 3 is 1.58 bits per heavy atom. The van der Waals surface area contributed by atoms with Crippen LogP contribution in [0.2, 0.25) is 0 Å². The summed E-state index contributed by atoms with van der Waals surface area (Å²) in [6.07, 6.45) is 11.3. The van der Waals surface area contributed by atoms with Crippen LogP contribution in [-0.2, 0) is 4.79 Å². The lowest BCUT2D eigenvalue weighted by molar-refractivity contribution is -0.117. The van der Waals surface area contributed by atoms with Crippen LogP contribution in [0.1, 0.15) is 92.4 Å². The highest BCUT2D eigenvalue weighted by Crippen LogP contribution is 2.21. The van der Waals surface area contributed by atoms with Gasteiger partial charge in [0, 0.05) is 6.42 Å². The van der Waals surface area contributed by atoms with Gasteiger partial charge in [-0.1, -0.05) is 72.6 Å². The topological polar surface area (TPSA) is 17.1 Å². The molecule has 2 atom stereocenters. The van der Waals surface area contributed by atoms with E-state index < -0.39 is 0 Å². The fraction of sp³-hybridized carbons (Fsp3) is 0.944. The van der Waals surface area contributed by atoms with Crippen molar-refractivity contribution in [2.24, 2.45) is 17.8 Å². The normalized spacial score (nSPS) is 14.6. The number of rotatable bonds is 12. The van der Waals surface area contributed by atoms with Crippen LogP contribution in [0.4, 0.5) is 0 Å². The molecule has 0 unspecified atom stereocenters. The highest BCUT2D eigenvalue weighted by Gasteiger charge is 2.06. The van der Waals surface area contributed by atoms with Gasteiger partial charge in [-0.05, 0) is 31.1 Å². The number of carbonyl (C=O) groups excluding carboxylic acids is 1. The van der Waals surface area contributed by atoms with Crippen molar-refractivity contribution >= 4 is 5.78 Å². The fourth-order valence-corrected chi connectivity index (χ4v) is 2.68. The van der Waals surface area contributed by atoms with Crippen molar-refractivity contribution in [2.75, 3.05) is 0 Å². The van der Waals surface area contributed by atoms with Gasteiger partial charge in [0.15, 0.2) is 0 Å². The zero-order valence-electron chi connectivity index (χ0n) is 14.0. The van der Waals surface area contributed by atoms with Gasteiger partial charge in [-0.3, -0.25) is 0 Å². The van der Waals surface area contributed by atoms with Gasteiger partial charge in [0.2, 0.25) is 0 Å². The van der Waals surface area contributed by atoms with E-state index in [1.165, 1.54) is 44.9 Å². The van der Waals surface area contributed by atoms with Crippen LogP contribution >= 0.6 is 0 Å². The molecule has 1 nitrogen and oxygen atoms in total. The maximum absolute atomic E-state index is 10.9. The minimum Gasteiger partial charge on any atom is -0.300 e. The van der Waals surface area contributed by atoms with E-state index >= 15 is 0 Å². The predicted molar refractivity (Wildman–Crippen MR) is 85.4 cm³/mol. The molecule has 0 fully saturated rings. The molecule has 19 heavy (non-hydrogen) atoms. The van der Waals surface area contributed by atoms with Crippen LogP contribution in [0, 0.1) is 17.8 Å². The molecule has 0 heterocycles. The summed E-state index contributed by atoms with van der Waals surface area (Å²) in [5.74, 6) is 2.88. The van der Waals surface area contributed by atoms with E-state index in [2.05, 4.69) is 27.7 Å². The lowest BCUT2D eigenvalue weighted by atomic mass is 9.92. The van der Waals surface area contributed by atoms with Crippen molar-refractivity contribution in [1.29, 1.82) is 0 Å². The van der Waals surface area contributed by atoms with Gasteiger partial charge in [0.1, 0.15) is 5.78 Å². The maximum Gasteiger partial charge on any atom is 0.129 e. The average molecular weight is 268 g/mol. The Balaban J connectivity index is 3.42. The first-order chi connectivity index (χ1) is 8.91. The molecule has 0 aromatic rings. The molecule has 0 rings (SSSR count). The molecule has 1 heteroatoms. The van der Waals surface area contributed by atoms with Gasteiger partial charge in [-0.25, -0.2) is 0 Å². The summed E-state index contributed by atoms with van der Waals surface area (Å²) in [7, 11) is 0. The standard InChI is InChI=1S/C18H36O/c1-15(2)9-6-10-16(3)11-7-12-17(4)13-8-14-18(5)19/h15-17H,6-14H2,1-5H3/t16-,17-/m0/s1. The number of Topliss-reactive ketones (excluding diaryl/α,β-unsaturated/α-hetero) is 1. The minimum atomic E-state index is 0.339. The number of ketones is 1. The summed E-state index contributed by atoms with van der Waals surface area (Å²) >= 11 is 0. The highest BCUT2D eigenvalue weighted by atomic mass is 16.1. The van der Waals surface area contributed by atoms with Gasteiger partial charge in [-0.2, -0.15) is 0 Å². The number of hydrogen-bond donors (Lipinski definition) is 0. The maximum atomic E-state index is 10.9. The first-order valence-electron chi connectivity index (χ1n) is 8.41. The number of carbonyl (C=O) groups is 1. The Morgan fingerprint density at radius 1 is 0.737 bits per heavy atom. The van der Waals surface area contributed by atoms with Gasteiger partial charge >= 0.3 is 0 Å². The van der Waals surface area contributed by atoms with Crippen molar-refractivity contribution in [3.63, 3.8) is 0 Å². The molecular formula is C18H36O. The van der Waals surface area contributed by atoms with Gasteiger partial charge < -0.3 is 4.79 Å². The smallest absolute Gasteiger partial charge is 0.129 e. The Bertz CT molecular complexity index is 220. The average Bonchev–Trinajstić information content (AvgIpc) is 2.27. The van der Waals surface area contributed by atoms with Crippen molar-refractivity contribution in [2.45, 2.75) is 92.4 Å². The second-order valence-electron chi connectivity index (χ2n) is 7.06. The van der Waals surface area contributed by atoms with E-state index in [4.69, 9.17) is 0 Å². The van der Waals surface area contributed by atoms with E-state index in [0.717, 1.165) is 30.6 Å². The van der Waals surface area contributed by atoms with Crippen LogP contribution in [0.25, 0.3) is 0 Å². The summed E-state index contributed by atoms with van der Waals surface area (Å²) in [6, 6.07) is 0. The van der Waals surface area contributed by atoms with Crippen molar-refractivity contribution in [1.82, 2.24) is 0 Å². The van der Waals surface area contributed by atoms with Crippen LogP contribution in [-0.4, -0.2) is 5.78 Å². The molecule has 0 spiro atoms. The molecule has 114 valence electrons. The van der Waals surface area contributed by atoms with E-state index in [-0.39, 0.29) is 0 Å². The third-order valence-corrected chi connectivity index (χ3v) is 4.10. The van der Waals surface area contributed by atoms with Gasteiger partial charge in [0.05, 0.1) is 0 Å². The van der Waals surface area contributed by atoms with Gasteiger partial charge in [-0.15, -0.1) is 0 Å². The third kappa shape index (κ3) is 13.9. The predicted octanol–water partition coefficient (Wildman–Crippen LogP) is 6.01. The largest absolute Gasteiger partial charge is 0.300 e. The molecule has 0 radical (unpaired) electrons. The number of hydrogen-bond acceptors (Lipinski definition) is 1. The minimum absolute atomic E-state index is 0.339. The Hall–Kier alpha value is -0.330. The quantitative estimate of drug-likeness (QED) is 0.423. The molecule has 0 aromatic carbocycles. The molecule has 0 saturated carbocycles. The second kappa shape index (κ2) is 11.5. The van der Waals surface area contributed by atoms with Gasteiger partial charge in [0.25, 0.3) is 0 Å². The molecular weight excluding hydrogens is 232 g/mol. The molecule has 0 amide bonds.